The topological polar surface area (TPSA) is 51.6 Å². The van der Waals surface area contributed by atoms with Gasteiger partial charge in [0.25, 0.3) is 0 Å². The molecule has 13 heavy (non-hydrogen) atoms. The van der Waals surface area contributed by atoms with Crippen molar-refractivity contribution in [2.75, 3.05) is 13.1 Å². The first kappa shape index (κ1) is 9.82. The average molecular weight is 177 g/mol. The number of nitrogens with one attached hydrogen (secondary N) is 2. The van der Waals surface area contributed by atoms with Crippen LogP contribution in [0.3, 0.4) is 0 Å². The summed E-state index contributed by atoms with van der Waals surface area (Å²) in [4.78, 5) is 3.03. The zero-order valence-electron chi connectivity index (χ0n) is 8.09. The van der Waals surface area contributed by atoms with Gasteiger partial charge in [0.2, 0.25) is 0 Å². The largest absolute Gasteiger partial charge is 0.367 e. The molecule has 0 aliphatic carbocycles. The first-order chi connectivity index (χ1) is 6.17. The molecule has 0 saturated heterocycles. The van der Waals surface area contributed by atoms with Gasteiger partial charge in [-0.05, 0) is 11.6 Å². The van der Waals surface area contributed by atoms with Gasteiger partial charge < -0.3 is 10.3 Å². The molecular weight excluding hydrogens is 162 g/mol. The van der Waals surface area contributed by atoms with E-state index in [4.69, 9.17) is 5.26 Å². The van der Waals surface area contributed by atoms with E-state index in [1.54, 1.807) is 0 Å². The molecular formula is C10H15N3. The second kappa shape index (κ2) is 4.11. The lowest BCUT2D eigenvalue weighted by atomic mass is 9.86. The smallest absolute Gasteiger partial charge is 0.0841 e. The van der Waals surface area contributed by atoms with Crippen LogP contribution in [-0.2, 0) is 5.41 Å². The summed E-state index contributed by atoms with van der Waals surface area (Å²) in [6.45, 7) is 5.54. The van der Waals surface area contributed by atoms with Crippen LogP contribution in [0.15, 0.2) is 18.5 Å². The van der Waals surface area contributed by atoms with E-state index in [1.807, 2.05) is 12.4 Å². The van der Waals surface area contributed by atoms with E-state index >= 15 is 0 Å². The highest BCUT2D eigenvalue weighted by Gasteiger charge is 2.19. The second-order valence-electron chi connectivity index (χ2n) is 3.75. The Kier molecular flexibility index (Phi) is 3.10. The number of rotatable bonds is 4. The van der Waals surface area contributed by atoms with Crippen LogP contribution in [0, 0.1) is 11.3 Å². The van der Waals surface area contributed by atoms with Gasteiger partial charge in [-0.3, -0.25) is 0 Å². The number of nitrogens with zero attached hydrogens (tertiary/aromatic N) is 1. The standard InChI is InChI=1S/C10H15N3/c1-10(2,8-13-6-4-11)9-3-5-12-7-9/h3,5,7,12-13H,6,8H2,1-2H3. The summed E-state index contributed by atoms with van der Waals surface area (Å²) >= 11 is 0. The van der Waals surface area contributed by atoms with Crippen LogP contribution in [0.5, 0.6) is 0 Å². The van der Waals surface area contributed by atoms with Crippen molar-refractivity contribution in [2.24, 2.45) is 0 Å². The highest BCUT2D eigenvalue weighted by molar-refractivity contribution is 5.20. The zero-order valence-corrected chi connectivity index (χ0v) is 8.09. The quantitative estimate of drug-likeness (QED) is 0.539. The number of hydrogen-bond donors (Lipinski definition) is 2. The minimum absolute atomic E-state index is 0.0802. The molecule has 0 aromatic carbocycles. The summed E-state index contributed by atoms with van der Waals surface area (Å²) in [7, 11) is 0. The zero-order chi connectivity index (χ0) is 9.73. The van der Waals surface area contributed by atoms with Gasteiger partial charge in [-0.2, -0.15) is 5.26 Å². The summed E-state index contributed by atoms with van der Waals surface area (Å²) in [5.41, 5.74) is 1.34. The van der Waals surface area contributed by atoms with Crippen LogP contribution in [-0.4, -0.2) is 18.1 Å². The van der Waals surface area contributed by atoms with Crippen molar-refractivity contribution in [3.05, 3.63) is 24.0 Å². The van der Waals surface area contributed by atoms with Crippen LogP contribution < -0.4 is 5.32 Å². The highest BCUT2D eigenvalue weighted by Crippen LogP contribution is 2.21. The maximum absolute atomic E-state index is 8.37. The molecule has 2 N–H and O–H groups in total. The molecule has 1 heterocycles. The first-order valence-corrected chi connectivity index (χ1v) is 4.38. The Morgan fingerprint density at radius 1 is 1.62 bits per heavy atom. The normalized spacial score (nSPS) is 11.2. The molecule has 0 amide bonds. The van der Waals surface area contributed by atoms with Crippen LogP contribution in [0.1, 0.15) is 19.4 Å². The van der Waals surface area contributed by atoms with Crippen molar-refractivity contribution in [3.8, 4) is 6.07 Å². The van der Waals surface area contributed by atoms with Gasteiger partial charge in [0.05, 0.1) is 12.6 Å². The summed E-state index contributed by atoms with van der Waals surface area (Å²) in [5, 5.41) is 11.5. The highest BCUT2D eigenvalue weighted by atomic mass is 14.9. The third-order valence-electron chi connectivity index (χ3n) is 2.15. The average Bonchev–Trinajstić information content (AvgIpc) is 2.56. The maximum Gasteiger partial charge on any atom is 0.0841 e. The summed E-state index contributed by atoms with van der Waals surface area (Å²) < 4.78 is 0. The second-order valence-corrected chi connectivity index (χ2v) is 3.75. The molecule has 0 spiro atoms. The van der Waals surface area contributed by atoms with Crippen molar-refractivity contribution >= 4 is 0 Å². The number of nitriles is 1. The fourth-order valence-electron chi connectivity index (χ4n) is 1.28. The third-order valence-corrected chi connectivity index (χ3v) is 2.15. The molecule has 0 bridgehead atoms. The van der Waals surface area contributed by atoms with Gasteiger partial charge in [0.15, 0.2) is 0 Å². The lowest BCUT2D eigenvalue weighted by Crippen LogP contribution is -2.32. The van der Waals surface area contributed by atoms with Gasteiger partial charge in [-0.1, -0.05) is 13.8 Å². The minimum Gasteiger partial charge on any atom is -0.367 e. The number of aromatic nitrogens is 1. The molecule has 0 aliphatic rings. The summed E-state index contributed by atoms with van der Waals surface area (Å²) in [6.07, 6.45) is 3.91. The Balaban J connectivity index is 2.52. The van der Waals surface area contributed by atoms with Gasteiger partial charge in [-0.25, -0.2) is 0 Å². The van der Waals surface area contributed by atoms with E-state index in [9.17, 15) is 0 Å². The van der Waals surface area contributed by atoms with Gasteiger partial charge in [-0.15, -0.1) is 0 Å². The van der Waals surface area contributed by atoms with Gasteiger partial charge in [0.1, 0.15) is 0 Å². The van der Waals surface area contributed by atoms with E-state index in [0.29, 0.717) is 6.54 Å². The van der Waals surface area contributed by atoms with Crippen LogP contribution in [0.2, 0.25) is 0 Å². The predicted octanol–water partition coefficient (Wildman–Crippen LogP) is 1.41. The van der Waals surface area contributed by atoms with Crippen molar-refractivity contribution in [1.82, 2.24) is 10.3 Å². The minimum atomic E-state index is 0.0802. The SMILES string of the molecule is CC(C)(CNCC#N)c1cc[nH]c1. The van der Waals surface area contributed by atoms with E-state index in [2.05, 4.69) is 36.3 Å². The van der Waals surface area contributed by atoms with Gasteiger partial charge >= 0.3 is 0 Å². The van der Waals surface area contributed by atoms with Crippen molar-refractivity contribution < 1.29 is 0 Å². The number of H-pyrrole nitrogens is 1. The van der Waals surface area contributed by atoms with E-state index in [0.717, 1.165) is 6.54 Å². The van der Waals surface area contributed by atoms with Crippen molar-refractivity contribution in [2.45, 2.75) is 19.3 Å². The molecule has 1 rings (SSSR count). The lowest BCUT2D eigenvalue weighted by molar-refractivity contribution is 0.485. The fraction of sp³-hybridized carbons (Fsp3) is 0.500. The number of aromatic amines is 1. The molecule has 0 unspecified atom stereocenters. The van der Waals surface area contributed by atoms with Crippen molar-refractivity contribution in [1.29, 1.82) is 5.26 Å². The molecule has 0 fully saturated rings. The third kappa shape index (κ3) is 2.60. The molecule has 3 nitrogen and oxygen atoms in total. The molecule has 0 saturated carbocycles. The molecule has 1 aromatic rings. The van der Waals surface area contributed by atoms with E-state index in [-0.39, 0.29) is 5.41 Å². The Morgan fingerprint density at radius 2 is 2.38 bits per heavy atom. The first-order valence-electron chi connectivity index (χ1n) is 4.38. The summed E-state index contributed by atoms with van der Waals surface area (Å²) in [6, 6.07) is 4.13. The monoisotopic (exact) mass is 177 g/mol. The molecule has 0 aliphatic heterocycles. The number of hydrogen-bond acceptors (Lipinski definition) is 2. The molecule has 1 aromatic heterocycles. The Labute approximate surface area is 78.8 Å². The van der Waals surface area contributed by atoms with Gasteiger partial charge in [0, 0.05) is 24.4 Å². The van der Waals surface area contributed by atoms with E-state index in [1.165, 1.54) is 5.56 Å². The Bertz CT molecular complexity index is 280. The molecule has 3 heteroatoms. The predicted molar refractivity (Wildman–Crippen MR) is 52.3 cm³/mol. The van der Waals surface area contributed by atoms with Crippen LogP contribution in [0.4, 0.5) is 0 Å². The Morgan fingerprint density at radius 3 is 2.92 bits per heavy atom. The van der Waals surface area contributed by atoms with Crippen LogP contribution >= 0.6 is 0 Å². The van der Waals surface area contributed by atoms with E-state index < -0.39 is 0 Å². The fourth-order valence-corrected chi connectivity index (χ4v) is 1.28. The molecule has 0 radical (unpaired) electrons. The van der Waals surface area contributed by atoms with Crippen molar-refractivity contribution in [3.63, 3.8) is 0 Å². The van der Waals surface area contributed by atoms with Crippen LogP contribution in [0.25, 0.3) is 0 Å². The molecule has 0 atom stereocenters. The lowest BCUT2D eigenvalue weighted by Gasteiger charge is -2.23. The molecule has 70 valence electrons. The summed E-state index contributed by atoms with van der Waals surface area (Å²) in [5.74, 6) is 0. The maximum atomic E-state index is 8.37. The Hall–Kier alpha value is -1.27.